The molecule has 0 aliphatic heterocycles. The van der Waals surface area contributed by atoms with Crippen molar-refractivity contribution in [1.82, 2.24) is 14.8 Å². The smallest absolute Gasteiger partial charge is 0.303 e. The van der Waals surface area contributed by atoms with Crippen LogP contribution in [0.15, 0.2) is 23.3 Å². The van der Waals surface area contributed by atoms with Crippen molar-refractivity contribution in [2.75, 3.05) is 0 Å². The summed E-state index contributed by atoms with van der Waals surface area (Å²) in [7, 11) is 1.52. The van der Waals surface area contributed by atoms with Crippen LogP contribution in [0.1, 0.15) is 0 Å². The number of hydrogen-bond acceptors (Lipinski definition) is 3. The standard InChI is InChI=1S/C9H6N4O/c1-10-8-7-5-11-4-3-6(7)9(14)13(2)12-8/h3-5H,2H3. The molecule has 0 fully saturated rings. The molecule has 0 atom stereocenters. The van der Waals surface area contributed by atoms with Gasteiger partial charge in [0, 0.05) is 23.2 Å². The van der Waals surface area contributed by atoms with E-state index in [4.69, 9.17) is 6.57 Å². The molecule has 2 aromatic rings. The Labute approximate surface area is 79.4 Å². The lowest BCUT2D eigenvalue weighted by Crippen LogP contribution is -2.19. The van der Waals surface area contributed by atoms with Gasteiger partial charge >= 0.3 is 5.82 Å². The lowest BCUT2D eigenvalue weighted by atomic mass is 10.2. The number of pyridine rings is 1. The molecule has 0 spiro atoms. The van der Waals surface area contributed by atoms with Crippen LogP contribution in [0.5, 0.6) is 0 Å². The second kappa shape index (κ2) is 2.92. The van der Waals surface area contributed by atoms with Crippen LogP contribution in [0, 0.1) is 6.57 Å². The zero-order chi connectivity index (χ0) is 10.1. The highest BCUT2D eigenvalue weighted by atomic mass is 16.1. The van der Waals surface area contributed by atoms with Crippen LogP contribution in [0.2, 0.25) is 0 Å². The topological polar surface area (TPSA) is 52.1 Å². The quantitative estimate of drug-likeness (QED) is 0.574. The number of hydrogen-bond donors (Lipinski definition) is 0. The van der Waals surface area contributed by atoms with Gasteiger partial charge in [0.2, 0.25) is 0 Å². The first-order valence-electron chi connectivity index (χ1n) is 3.92. The van der Waals surface area contributed by atoms with Crippen molar-refractivity contribution >= 4 is 16.6 Å². The predicted octanol–water partition coefficient (Wildman–Crippen LogP) is 0.879. The van der Waals surface area contributed by atoms with E-state index in [9.17, 15) is 4.79 Å². The first kappa shape index (κ1) is 8.38. The molecule has 2 rings (SSSR count). The fourth-order valence-corrected chi connectivity index (χ4v) is 1.26. The Morgan fingerprint density at radius 2 is 2.29 bits per heavy atom. The minimum absolute atomic E-state index is 0.204. The van der Waals surface area contributed by atoms with E-state index in [1.807, 2.05) is 0 Å². The summed E-state index contributed by atoms with van der Waals surface area (Å²) in [5, 5.41) is 4.81. The highest BCUT2D eigenvalue weighted by molar-refractivity contribution is 5.90. The summed E-state index contributed by atoms with van der Waals surface area (Å²) in [6.07, 6.45) is 3.01. The molecule has 14 heavy (non-hydrogen) atoms. The maximum absolute atomic E-state index is 11.6. The lowest BCUT2D eigenvalue weighted by Gasteiger charge is -1.98. The van der Waals surface area contributed by atoms with Gasteiger partial charge in [0.1, 0.15) is 0 Å². The molecule has 0 bridgehead atoms. The van der Waals surface area contributed by atoms with E-state index >= 15 is 0 Å². The molecule has 5 nitrogen and oxygen atoms in total. The van der Waals surface area contributed by atoms with Crippen molar-refractivity contribution in [3.63, 3.8) is 0 Å². The Balaban J connectivity index is 3.07. The van der Waals surface area contributed by atoms with Crippen LogP contribution in [-0.2, 0) is 7.05 Å². The number of nitrogens with zero attached hydrogens (tertiary/aromatic N) is 4. The van der Waals surface area contributed by atoms with Crippen LogP contribution in [-0.4, -0.2) is 14.8 Å². The first-order valence-corrected chi connectivity index (χ1v) is 3.92. The SMILES string of the molecule is [C-]#[N+]c1nn(C)c(=O)c2ccncc12. The molecule has 0 saturated carbocycles. The van der Waals surface area contributed by atoms with Crippen LogP contribution in [0.3, 0.4) is 0 Å². The lowest BCUT2D eigenvalue weighted by molar-refractivity contribution is 0.725. The second-order valence-electron chi connectivity index (χ2n) is 2.79. The van der Waals surface area contributed by atoms with Crippen LogP contribution >= 0.6 is 0 Å². The number of aromatic nitrogens is 3. The Kier molecular flexibility index (Phi) is 1.75. The van der Waals surface area contributed by atoms with Crippen molar-refractivity contribution in [1.29, 1.82) is 0 Å². The Hall–Kier alpha value is -2.22. The molecule has 0 N–H and O–H groups in total. The van der Waals surface area contributed by atoms with Gasteiger partial charge in [0.15, 0.2) is 0 Å². The predicted molar refractivity (Wildman–Crippen MR) is 51.0 cm³/mol. The van der Waals surface area contributed by atoms with E-state index in [0.29, 0.717) is 10.8 Å². The minimum atomic E-state index is -0.213. The molecule has 0 amide bonds. The highest BCUT2D eigenvalue weighted by Gasteiger charge is 2.08. The molecule has 2 heterocycles. The summed E-state index contributed by atoms with van der Waals surface area (Å²) < 4.78 is 1.16. The molecular formula is C9H6N4O. The Morgan fingerprint density at radius 1 is 1.50 bits per heavy atom. The average Bonchev–Trinajstić information content (AvgIpc) is 2.23. The van der Waals surface area contributed by atoms with Gasteiger partial charge in [-0.25, -0.2) is 0 Å². The van der Waals surface area contributed by atoms with Gasteiger partial charge in [-0.15, -0.1) is 0 Å². The molecule has 0 aliphatic carbocycles. The third-order valence-corrected chi connectivity index (χ3v) is 1.94. The maximum Gasteiger partial charge on any atom is 0.303 e. The number of fused-ring (bicyclic) bond motifs is 1. The van der Waals surface area contributed by atoms with Crippen molar-refractivity contribution < 1.29 is 0 Å². The fraction of sp³-hybridized carbons (Fsp3) is 0.111. The summed E-state index contributed by atoms with van der Waals surface area (Å²) in [4.78, 5) is 18.7. The molecule has 5 heteroatoms. The molecule has 0 unspecified atom stereocenters. The van der Waals surface area contributed by atoms with Gasteiger partial charge in [-0.1, -0.05) is 6.57 Å². The zero-order valence-electron chi connectivity index (χ0n) is 7.43. The van der Waals surface area contributed by atoms with Crippen molar-refractivity contribution in [3.8, 4) is 0 Å². The Morgan fingerprint density at radius 3 is 3.00 bits per heavy atom. The fourth-order valence-electron chi connectivity index (χ4n) is 1.26. The maximum atomic E-state index is 11.6. The zero-order valence-corrected chi connectivity index (χ0v) is 7.43. The van der Waals surface area contributed by atoms with E-state index in [2.05, 4.69) is 14.9 Å². The third kappa shape index (κ3) is 1.05. The summed E-state index contributed by atoms with van der Waals surface area (Å²) >= 11 is 0. The summed E-state index contributed by atoms with van der Waals surface area (Å²) in [6.45, 7) is 6.91. The third-order valence-electron chi connectivity index (χ3n) is 1.94. The molecule has 0 radical (unpaired) electrons. The minimum Gasteiger partial charge on any atom is -0.358 e. The van der Waals surface area contributed by atoms with Crippen molar-refractivity contribution in [2.24, 2.45) is 7.05 Å². The molecule has 0 aliphatic rings. The number of rotatable bonds is 0. The Bertz CT molecular complexity index is 594. The molecule has 68 valence electrons. The molecule has 0 saturated heterocycles. The van der Waals surface area contributed by atoms with Gasteiger partial charge < -0.3 is 4.85 Å². The monoisotopic (exact) mass is 186 g/mol. The second-order valence-corrected chi connectivity index (χ2v) is 2.79. The van der Waals surface area contributed by atoms with Gasteiger partial charge in [0.05, 0.1) is 7.05 Å². The van der Waals surface area contributed by atoms with E-state index in [1.54, 1.807) is 6.07 Å². The molecule has 2 aromatic heterocycles. The average molecular weight is 186 g/mol. The van der Waals surface area contributed by atoms with Crippen molar-refractivity contribution in [2.45, 2.75) is 0 Å². The molecule has 0 aromatic carbocycles. The largest absolute Gasteiger partial charge is 0.358 e. The highest BCUT2D eigenvalue weighted by Crippen LogP contribution is 2.18. The molecular weight excluding hydrogens is 180 g/mol. The normalized spacial score (nSPS) is 10.0. The summed E-state index contributed by atoms with van der Waals surface area (Å²) in [5.74, 6) is 0.204. The van der Waals surface area contributed by atoms with Gasteiger partial charge in [-0.05, 0) is 11.2 Å². The van der Waals surface area contributed by atoms with Crippen LogP contribution in [0.4, 0.5) is 5.82 Å². The van der Waals surface area contributed by atoms with Crippen LogP contribution in [0.25, 0.3) is 15.6 Å². The number of aryl methyl sites for hydroxylation is 1. The van der Waals surface area contributed by atoms with E-state index in [0.717, 1.165) is 4.68 Å². The van der Waals surface area contributed by atoms with E-state index in [-0.39, 0.29) is 11.4 Å². The van der Waals surface area contributed by atoms with E-state index < -0.39 is 0 Å². The van der Waals surface area contributed by atoms with Crippen LogP contribution < -0.4 is 5.56 Å². The first-order chi connectivity index (χ1) is 6.74. The van der Waals surface area contributed by atoms with E-state index in [1.165, 1.54) is 19.4 Å². The van der Waals surface area contributed by atoms with Gasteiger partial charge in [-0.2, -0.15) is 4.68 Å². The summed E-state index contributed by atoms with van der Waals surface area (Å²) in [6, 6.07) is 1.59. The van der Waals surface area contributed by atoms with Crippen molar-refractivity contribution in [3.05, 3.63) is 40.2 Å². The summed E-state index contributed by atoms with van der Waals surface area (Å²) in [5.41, 5.74) is -0.213. The van der Waals surface area contributed by atoms with Gasteiger partial charge in [-0.3, -0.25) is 9.78 Å². The van der Waals surface area contributed by atoms with Gasteiger partial charge in [0.25, 0.3) is 5.56 Å².